The van der Waals surface area contributed by atoms with Gasteiger partial charge in [-0.2, -0.15) is 4.98 Å². The van der Waals surface area contributed by atoms with Gasteiger partial charge in [0, 0.05) is 68.6 Å². The summed E-state index contributed by atoms with van der Waals surface area (Å²) in [7, 11) is 0.259. The van der Waals surface area contributed by atoms with Gasteiger partial charge in [-0.25, -0.2) is 13.4 Å². The van der Waals surface area contributed by atoms with E-state index in [2.05, 4.69) is 71.1 Å². The molecule has 2 aromatic heterocycles. The molecule has 0 amide bonds. The lowest BCUT2D eigenvalue weighted by molar-refractivity contribution is 0.0982. The zero-order valence-corrected chi connectivity index (χ0v) is 28.1. The largest absolute Gasteiger partial charge is 0.494 e. The molecule has 2 saturated heterocycles. The van der Waals surface area contributed by atoms with Gasteiger partial charge in [-0.3, -0.25) is 14.6 Å². The summed E-state index contributed by atoms with van der Waals surface area (Å²) < 4.78 is 32.9. The number of rotatable bonds is 9. The first-order valence-corrected chi connectivity index (χ1v) is 17.6. The fraction of sp³-hybridized carbons (Fsp3) is 0.406. The molecule has 0 saturated carbocycles. The van der Waals surface area contributed by atoms with Crippen LogP contribution >= 0.6 is 11.6 Å². The number of benzene rings is 2. The second-order valence-electron chi connectivity index (χ2n) is 12.0. The van der Waals surface area contributed by atoms with Crippen molar-refractivity contribution in [3.05, 3.63) is 59.4 Å². The molecule has 244 valence electrons. The zero-order chi connectivity index (χ0) is 32.4. The number of methoxy groups -OCH3 is 1. The number of nitrogens with one attached hydrogen (secondary N) is 3. The number of hydrogen-bond donors (Lipinski definition) is 3. The number of hydrogen-bond acceptors (Lipinski definition) is 11. The van der Waals surface area contributed by atoms with Crippen molar-refractivity contribution in [2.75, 3.05) is 79.9 Å². The van der Waals surface area contributed by atoms with Crippen LogP contribution in [0.1, 0.15) is 18.4 Å². The summed E-state index contributed by atoms with van der Waals surface area (Å²) in [4.78, 5) is 20.9. The molecule has 2 fully saturated rings. The summed E-state index contributed by atoms with van der Waals surface area (Å²) in [6, 6.07) is 11.8. The number of likely N-dealkylation sites (N-methyl/N-ethyl adjacent to an activating group) is 1. The van der Waals surface area contributed by atoms with Crippen molar-refractivity contribution in [3.8, 4) is 5.75 Å². The Balaban J connectivity index is 1.20. The third kappa shape index (κ3) is 7.22. The lowest BCUT2D eigenvalue weighted by Crippen LogP contribution is -2.52. The van der Waals surface area contributed by atoms with E-state index in [1.807, 2.05) is 0 Å². The molecule has 6 rings (SSSR count). The Bertz CT molecular complexity index is 1830. The van der Waals surface area contributed by atoms with E-state index in [-0.39, 0.29) is 5.02 Å². The number of fused-ring (bicyclic) bond motifs is 1. The van der Waals surface area contributed by atoms with E-state index >= 15 is 0 Å². The van der Waals surface area contributed by atoms with Crippen LogP contribution in [0.2, 0.25) is 5.02 Å². The number of anilines is 6. The molecule has 0 unspecified atom stereocenters. The van der Waals surface area contributed by atoms with E-state index in [1.54, 1.807) is 37.6 Å². The first kappa shape index (κ1) is 32.0. The molecule has 0 radical (unpaired) electrons. The highest BCUT2D eigenvalue weighted by Crippen LogP contribution is 2.38. The molecule has 2 aromatic carbocycles. The maximum absolute atomic E-state index is 12.2. The van der Waals surface area contributed by atoms with Crippen LogP contribution in [0, 0.1) is 6.92 Å². The first-order chi connectivity index (χ1) is 22.1. The Morgan fingerprint density at radius 2 is 1.74 bits per heavy atom. The zero-order valence-electron chi connectivity index (χ0n) is 26.5. The van der Waals surface area contributed by atoms with Gasteiger partial charge in [-0.05, 0) is 62.7 Å². The molecular weight excluding hydrogens is 626 g/mol. The normalized spacial score (nSPS) is 16.8. The Morgan fingerprint density at radius 1 is 0.978 bits per heavy atom. The van der Waals surface area contributed by atoms with Crippen molar-refractivity contribution < 1.29 is 13.2 Å². The van der Waals surface area contributed by atoms with E-state index < -0.39 is 10.0 Å². The standard InChI is InChI=1S/C32H40ClN9O3S/c1-21-18-27(29(45-3)19-28(21)42-12-9-22(10-13-42)41-16-14-40(2)15-17-41)37-32-35-20-24(33)31(38-32)36-26-8-7-25-23(6-5-11-34-25)30(26)39-46(4,43)44/h5-8,11,18-20,22,39H,9-10,12-17H2,1-4H3,(H2,35,36,37,38). The second kappa shape index (κ2) is 13.4. The number of aromatic nitrogens is 3. The summed E-state index contributed by atoms with van der Waals surface area (Å²) in [5, 5.41) is 7.36. The average Bonchev–Trinajstić information content (AvgIpc) is 3.04. The Morgan fingerprint density at radius 3 is 2.46 bits per heavy atom. The third-order valence-electron chi connectivity index (χ3n) is 8.69. The number of halogens is 1. The summed E-state index contributed by atoms with van der Waals surface area (Å²) >= 11 is 6.51. The van der Waals surface area contributed by atoms with Gasteiger partial charge < -0.3 is 25.2 Å². The van der Waals surface area contributed by atoms with Crippen LogP contribution in [0.15, 0.2) is 48.8 Å². The van der Waals surface area contributed by atoms with Gasteiger partial charge in [0.05, 0.1) is 42.1 Å². The highest BCUT2D eigenvalue weighted by molar-refractivity contribution is 7.92. The number of aryl methyl sites for hydroxylation is 1. The van der Waals surface area contributed by atoms with Gasteiger partial charge in [0.15, 0.2) is 5.82 Å². The minimum atomic E-state index is -3.59. The third-order valence-corrected chi connectivity index (χ3v) is 9.55. The van der Waals surface area contributed by atoms with Gasteiger partial charge in [0.25, 0.3) is 0 Å². The number of pyridine rings is 1. The smallest absolute Gasteiger partial charge is 0.229 e. The minimum Gasteiger partial charge on any atom is -0.494 e. The Kier molecular flexibility index (Phi) is 9.37. The van der Waals surface area contributed by atoms with Gasteiger partial charge >= 0.3 is 0 Å². The van der Waals surface area contributed by atoms with Crippen LogP contribution in [0.5, 0.6) is 5.75 Å². The first-order valence-electron chi connectivity index (χ1n) is 15.4. The van der Waals surface area contributed by atoms with Crippen LogP contribution < -0.4 is 25.0 Å². The van der Waals surface area contributed by atoms with Crippen molar-refractivity contribution >= 4 is 67.0 Å². The van der Waals surface area contributed by atoms with Crippen molar-refractivity contribution in [2.45, 2.75) is 25.8 Å². The lowest BCUT2D eigenvalue weighted by atomic mass is 10.0. The lowest BCUT2D eigenvalue weighted by Gasteiger charge is -2.43. The van der Waals surface area contributed by atoms with Gasteiger partial charge in [-0.1, -0.05) is 11.6 Å². The Hall–Kier alpha value is -3.91. The predicted molar refractivity (Wildman–Crippen MR) is 186 cm³/mol. The van der Waals surface area contributed by atoms with Gasteiger partial charge in [0.2, 0.25) is 16.0 Å². The molecule has 0 aliphatic carbocycles. The van der Waals surface area contributed by atoms with Crippen LogP contribution in [0.4, 0.5) is 34.5 Å². The molecule has 0 atom stereocenters. The molecule has 4 heterocycles. The molecule has 14 heteroatoms. The predicted octanol–water partition coefficient (Wildman–Crippen LogP) is 5.07. The Labute approximate surface area is 275 Å². The minimum absolute atomic E-state index is 0.264. The molecule has 0 bridgehead atoms. The molecule has 46 heavy (non-hydrogen) atoms. The molecule has 2 aliphatic heterocycles. The molecule has 12 nitrogen and oxygen atoms in total. The molecule has 3 N–H and O–H groups in total. The SMILES string of the molecule is COc1cc(N2CCC(N3CCN(C)CC3)CC2)c(C)cc1Nc1ncc(Cl)c(Nc2ccc3ncccc3c2NS(C)(=O)=O)n1. The molecule has 0 spiro atoms. The average molecular weight is 666 g/mol. The fourth-order valence-corrected chi connectivity index (χ4v) is 6.99. The van der Waals surface area contributed by atoms with E-state index in [0.717, 1.165) is 75.3 Å². The van der Waals surface area contributed by atoms with Crippen LogP contribution in [0.3, 0.4) is 0 Å². The number of nitrogens with zero attached hydrogens (tertiary/aromatic N) is 6. The van der Waals surface area contributed by atoms with Crippen molar-refractivity contribution in [1.29, 1.82) is 0 Å². The topological polar surface area (TPSA) is 128 Å². The molecule has 4 aromatic rings. The maximum Gasteiger partial charge on any atom is 0.229 e. The van der Waals surface area contributed by atoms with Crippen LogP contribution in [0.25, 0.3) is 10.9 Å². The van der Waals surface area contributed by atoms with Crippen molar-refractivity contribution in [1.82, 2.24) is 24.8 Å². The van der Waals surface area contributed by atoms with Crippen LogP contribution in [-0.4, -0.2) is 98.9 Å². The summed E-state index contributed by atoms with van der Waals surface area (Å²) in [6.07, 6.45) is 6.54. The number of piperazine rings is 1. The van der Waals surface area contributed by atoms with Crippen molar-refractivity contribution in [2.24, 2.45) is 0 Å². The monoisotopic (exact) mass is 665 g/mol. The fourth-order valence-electron chi connectivity index (χ4n) is 6.26. The number of ether oxygens (including phenoxy) is 1. The highest BCUT2D eigenvalue weighted by Gasteiger charge is 2.28. The molecule has 2 aliphatic rings. The maximum atomic E-state index is 12.2. The van der Waals surface area contributed by atoms with Gasteiger partial charge in [-0.15, -0.1) is 0 Å². The number of sulfonamides is 1. The summed E-state index contributed by atoms with van der Waals surface area (Å²) in [6.45, 7) is 8.69. The van der Waals surface area contributed by atoms with E-state index in [4.69, 9.17) is 16.3 Å². The summed E-state index contributed by atoms with van der Waals surface area (Å²) in [5.74, 6) is 1.27. The van der Waals surface area contributed by atoms with Crippen LogP contribution in [-0.2, 0) is 10.0 Å². The quantitative estimate of drug-likeness (QED) is 0.222. The summed E-state index contributed by atoms with van der Waals surface area (Å²) in [5.41, 5.74) is 4.45. The molecular formula is C32H40ClN9O3S. The van der Waals surface area contributed by atoms with Gasteiger partial charge in [0.1, 0.15) is 10.8 Å². The second-order valence-corrected chi connectivity index (χ2v) is 14.1. The van der Waals surface area contributed by atoms with E-state index in [1.165, 1.54) is 6.20 Å². The number of piperidine rings is 1. The van der Waals surface area contributed by atoms with Crippen molar-refractivity contribution in [3.63, 3.8) is 0 Å². The van der Waals surface area contributed by atoms with E-state index in [9.17, 15) is 8.42 Å². The highest BCUT2D eigenvalue weighted by atomic mass is 35.5. The van der Waals surface area contributed by atoms with E-state index in [0.29, 0.717) is 45.8 Å².